The van der Waals surface area contributed by atoms with Crippen LogP contribution in [0.1, 0.15) is 0 Å². The van der Waals surface area contributed by atoms with Gasteiger partial charge in [-0.3, -0.25) is 4.79 Å². The molecule has 0 atom stereocenters. The minimum atomic E-state index is -3.42. The number of halogens is 1. The quantitative estimate of drug-likeness (QED) is 0.482. The van der Waals surface area contributed by atoms with E-state index in [1.54, 1.807) is 68.1 Å². The van der Waals surface area contributed by atoms with Crippen LogP contribution < -0.4 is 5.56 Å². The summed E-state index contributed by atoms with van der Waals surface area (Å²) >= 11 is 6.01. The second kappa shape index (κ2) is 7.59. The lowest BCUT2D eigenvalue weighted by atomic mass is 9.98. The topological polar surface area (TPSA) is 74.0 Å². The van der Waals surface area contributed by atoms with E-state index < -0.39 is 9.84 Å². The fourth-order valence-corrected chi connectivity index (χ4v) is 4.28. The molecule has 2 heterocycles. The number of nitrogens with zero attached hydrogens (tertiary/aromatic N) is 3. The maximum Gasteiger partial charge on any atom is 0.250 e. The van der Waals surface area contributed by atoms with Crippen LogP contribution in [0.15, 0.2) is 82.9 Å². The van der Waals surface area contributed by atoms with Gasteiger partial charge in [0.2, 0.25) is 0 Å². The Kier molecular flexibility index (Phi) is 5.09. The summed E-state index contributed by atoms with van der Waals surface area (Å²) in [5.74, 6) is 0. The van der Waals surface area contributed by atoms with E-state index in [-0.39, 0.29) is 10.5 Å². The number of aromatic nitrogens is 3. The molecule has 0 fully saturated rings. The Labute approximate surface area is 178 Å². The van der Waals surface area contributed by atoms with Crippen LogP contribution in [0.5, 0.6) is 0 Å². The van der Waals surface area contributed by atoms with Crippen LogP contribution in [0.3, 0.4) is 0 Å². The molecule has 0 N–H and O–H groups in total. The maximum atomic E-state index is 12.3. The third kappa shape index (κ3) is 3.81. The summed E-state index contributed by atoms with van der Waals surface area (Å²) in [6, 6.07) is 15.5. The average Bonchev–Trinajstić information content (AvgIpc) is 3.20. The average molecular weight is 440 g/mol. The van der Waals surface area contributed by atoms with Gasteiger partial charge in [-0.25, -0.2) is 13.1 Å². The first-order valence-electron chi connectivity index (χ1n) is 9.05. The van der Waals surface area contributed by atoms with Crippen molar-refractivity contribution >= 4 is 21.4 Å². The van der Waals surface area contributed by atoms with Crippen molar-refractivity contribution in [2.75, 3.05) is 6.26 Å². The van der Waals surface area contributed by atoms with Gasteiger partial charge in [-0.1, -0.05) is 35.9 Å². The van der Waals surface area contributed by atoms with Gasteiger partial charge in [0.05, 0.1) is 16.8 Å². The van der Waals surface area contributed by atoms with E-state index in [2.05, 4.69) is 5.10 Å². The second-order valence-electron chi connectivity index (χ2n) is 6.97. The molecule has 0 aliphatic carbocycles. The summed E-state index contributed by atoms with van der Waals surface area (Å²) in [6.45, 7) is 0. The lowest BCUT2D eigenvalue weighted by Gasteiger charge is -2.11. The predicted octanol–water partition coefficient (Wildman–Crippen LogP) is 3.96. The van der Waals surface area contributed by atoms with Crippen molar-refractivity contribution in [2.45, 2.75) is 4.90 Å². The molecule has 4 rings (SSSR count). The maximum absolute atomic E-state index is 12.3. The van der Waals surface area contributed by atoms with Crippen LogP contribution in [0, 0.1) is 0 Å². The van der Waals surface area contributed by atoms with Crippen LogP contribution in [-0.2, 0) is 16.9 Å². The highest BCUT2D eigenvalue weighted by Gasteiger charge is 2.17. The van der Waals surface area contributed by atoms with Gasteiger partial charge in [-0.05, 0) is 35.4 Å². The molecule has 0 bridgehead atoms. The highest BCUT2D eigenvalue weighted by Crippen LogP contribution is 2.32. The fourth-order valence-electron chi connectivity index (χ4n) is 3.28. The molecule has 0 unspecified atom stereocenters. The van der Waals surface area contributed by atoms with E-state index in [0.717, 1.165) is 22.3 Å². The Balaban J connectivity index is 1.89. The molecule has 0 radical (unpaired) electrons. The van der Waals surface area contributed by atoms with Crippen molar-refractivity contribution in [1.29, 1.82) is 0 Å². The Bertz CT molecular complexity index is 1400. The number of aryl methyl sites for hydroxylation is 1. The van der Waals surface area contributed by atoms with E-state index in [0.29, 0.717) is 10.7 Å². The first-order chi connectivity index (χ1) is 14.2. The van der Waals surface area contributed by atoms with Gasteiger partial charge in [0.25, 0.3) is 5.56 Å². The zero-order valence-electron chi connectivity index (χ0n) is 16.3. The van der Waals surface area contributed by atoms with Crippen LogP contribution in [0.2, 0.25) is 5.02 Å². The van der Waals surface area contributed by atoms with Gasteiger partial charge in [-0.15, -0.1) is 0 Å². The summed E-state index contributed by atoms with van der Waals surface area (Å²) in [4.78, 5) is 12.5. The minimum Gasteiger partial charge on any atom is -0.318 e. The molecule has 0 spiro atoms. The lowest BCUT2D eigenvalue weighted by molar-refractivity contribution is 0.600. The molecule has 4 aromatic rings. The van der Waals surface area contributed by atoms with Crippen molar-refractivity contribution in [3.8, 4) is 27.9 Å². The molecule has 0 aliphatic rings. The molecule has 0 saturated heterocycles. The molecule has 30 heavy (non-hydrogen) atoms. The predicted molar refractivity (Wildman–Crippen MR) is 118 cm³/mol. The molecule has 152 valence electrons. The Morgan fingerprint density at radius 3 is 2.33 bits per heavy atom. The summed E-state index contributed by atoms with van der Waals surface area (Å²) < 4.78 is 27.4. The second-order valence-corrected chi connectivity index (χ2v) is 9.39. The zero-order chi connectivity index (χ0) is 21.5. The van der Waals surface area contributed by atoms with E-state index >= 15 is 0 Å². The minimum absolute atomic E-state index is 0.140. The molecule has 2 aromatic carbocycles. The molecule has 6 nitrogen and oxygen atoms in total. The molecule has 8 heteroatoms. The summed E-state index contributed by atoms with van der Waals surface area (Å²) in [6.07, 6.45) is 6.32. The van der Waals surface area contributed by atoms with Crippen molar-refractivity contribution < 1.29 is 8.42 Å². The number of pyridine rings is 1. The summed E-state index contributed by atoms with van der Waals surface area (Å²) in [5, 5.41) is 4.99. The fraction of sp³-hybridized carbons (Fsp3) is 0.0909. The van der Waals surface area contributed by atoms with E-state index in [1.807, 2.05) is 12.1 Å². The number of hydrogen-bond donors (Lipinski definition) is 0. The Morgan fingerprint density at radius 1 is 0.933 bits per heavy atom. The summed E-state index contributed by atoms with van der Waals surface area (Å²) in [5.41, 5.74) is 3.45. The van der Waals surface area contributed by atoms with Crippen LogP contribution in [0.25, 0.3) is 27.9 Å². The van der Waals surface area contributed by atoms with E-state index in [4.69, 9.17) is 11.6 Å². The van der Waals surface area contributed by atoms with Gasteiger partial charge in [0, 0.05) is 47.9 Å². The lowest BCUT2D eigenvalue weighted by Crippen LogP contribution is -2.15. The number of para-hydroxylation sites is 1. The monoisotopic (exact) mass is 439 g/mol. The highest BCUT2D eigenvalue weighted by atomic mass is 35.5. The van der Waals surface area contributed by atoms with Gasteiger partial charge >= 0.3 is 0 Å². The smallest absolute Gasteiger partial charge is 0.250 e. The number of benzene rings is 2. The van der Waals surface area contributed by atoms with Gasteiger partial charge in [0.1, 0.15) is 0 Å². The van der Waals surface area contributed by atoms with Crippen molar-refractivity contribution in [3.05, 3.63) is 88.6 Å². The standard InChI is InChI=1S/C22H18ClN3O3S/c1-25-14-19(18(11-22(25)27)15-7-9-17(23)10-8-15)16-12-24-26(13-16)20-5-3-4-6-21(20)30(2,28)29/h3-14H,1-2H3. The Hall–Kier alpha value is -3.16. The molecular weight excluding hydrogens is 422 g/mol. The third-order valence-corrected chi connectivity index (χ3v) is 6.18. The van der Waals surface area contributed by atoms with Gasteiger partial charge in [0.15, 0.2) is 9.84 Å². The number of hydrogen-bond acceptors (Lipinski definition) is 4. The molecule has 0 aliphatic heterocycles. The summed E-state index contributed by atoms with van der Waals surface area (Å²) in [7, 11) is -1.74. The van der Waals surface area contributed by atoms with Gasteiger partial charge in [-0.2, -0.15) is 5.10 Å². The van der Waals surface area contributed by atoms with Crippen molar-refractivity contribution in [3.63, 3.8) is 0 Å². The van der Waals surface area contributed by atoms with Crippen LogP contribution in [-0.4, -0.2) is 29.0 Å². The Morgan fingerprint density at radius 2 is 1.63 bits per heavy atom. The van der Waals surface area contributed by atoms with E-state index in [1.165, 1.54) is 15.5 Å². The largest absolute Gasteiger partial charge is 0.318 e. The van der Waals surface area contributed by atoms with Crippen LogP contribution in [0.4, 0.5) is 0 Å². The van der Waals surface area contributed by atoms with Crippen molar-refractivity contribution in [1.82, 2.24) is 14.3 Å². The highest BCUT2D eigenvalue weighted by molar-refractivity contribution is 7.90. The first kappa shape index (κ1) is 20.1. The normalized spacial score (nSPS) is 11.6. The molecular formula is C22H18ClN3O3S. The number of sulfone groups is 1. The third-order valence-electron chi connectivity index (χ3n) is 4.79. The van der Waals surface area contributed by atoms with Crippen molar-refractivity contribution in [2.24, 2.45) is 7.05 Å². The SMILES string of the molecule is Cn1cc(-c2cnn(-c3ccccc3S(C)(=O)=O)c2)c(-c2ccc(Cl)cc2)cc1=O. The van der Waals surface area contributed by atoms with Crippen LogP contribution >= 0.6 is 11.6 Å². The number of rotatable bonds is 4. The zero-order valence-corrected chi connectivity index (χ0v) is 17.9. The van der Waals surface area contributed by atoms with Gasteiger partial charge < -0.3 is 4.57 Å². The van der Waals surface area contributed by atoms with E-state index in [9.17, 15) is 13.2 Å². The molecule has 0 saturated carbocycles. The molecule has 2 aromatic heterocycles. The first-order valence-corrected chi connectivity index (χ1v) is 11.3. The molecule has 0 amide bonds.